The van der Waals surface area contributed by atoms with Crippen molar-refractivity contribution in [1.29, 1.82) is 0 Å². The zero-order valence-corrected chi connectivity index (χ0v) is 13.9. The van der Waals surface area contributed by atoms with E-state index in [2.05, 4.69) is 30.8 Å². The zero-order chi connectivity index (χ0) is 15.5. The molecule has 1 fully saturated rings. The molecule has 1 aliphatic rings. The van der Waals surface area contributed by atoms with Crippen molar-refractivity contribution in [2.45, 2.75) is 64.1 Å². The molecule has 2 N–H and O–H groups in total. The van der Waals surface area contributed by atoms with Crippen LogP contribution in [0.25, 0.3) is 0 Å². The van der Waals surface area contributed by atoms with Crippen molar-refractivity contribution in [3.63, 3.8) is 0 Å². The molecule has 2 rings (SSSR count). The van der Waals surface area contributed by atoms with Crippen LogP contribution in [0.2, 0.25) is 0 Å². The van der Waals surface area contributed by atoms with Crippen LogP contribution in [0, 0.1) is 5.41 Å². The Bertz CT molecular complexity index is 563. The monoisotopic (exact) mass is 314 g/mol. The van der Waals surface area contributed by atoms with Gasteiger partial charge >= 0.3 is 0 Å². The van der Waals surface area contributed by atoms with E-state index in [1.54, 1.807) is 6.07 Å². The lowest BCUT2D eigenvalue weighted by Crippen LogP contribution is -2.33. The van der Waals surface area contributed by atoms with Gasteiger partial charge in [-0.1, -0.05) is 20.8 Å². The van der Waals surface area contributed by atoms with Gasteiger partial charge in [-0.05, 0) is 49.8 Å². The molecule has 6 heteroatoms. The van der Waals surface area contributed by atoms with E-state index in [1.807, 2.05) is 0 Å². The maximum absolute atomic E-state index is 12.3. The molecule has 5 nitrogen and oxygen atoms in total. The van der Waals surface area contributed by atoms with Crippen LogP contribution in [0.15, 0.2) is 21.6 Å². The second kappa shape index (κ2) is 6.50. The Hall–Kier alpha value is -0.850. The van der Waals surface area contributed by atoms with Crippen molar-refractivity contribution in [3.05, 3.63) is 17.9 Å². The molecule has 0 spiro atoms. The van der Waals surface area contributed by atoms with Crippen molar-refractivity contribution in [3.8, 4) is 0 Å². The van der Waals surface area contributed by atoms with Gasteiger partial charge in [0.15, 0.2) is 0 Å². The highest BCUT2D eigenvalue weighted by Gasteiger charge is 2.34. The van der Waals surface area contributed by atoms with Crippen LogP contribution in [0.3, 0.4) is 0 Å². The van der Waals surface area contributed by atoms with E-state index in [0.717, 1.165) is 32.2 Å². The highest BCUT2D eigenvalue weighted by atomic mass is 32.2. The first-order valence-corrected chi connectivity index (χ1v) is 9.12. The lowest BCUT2D eigenvalue weighted by molar-refractivity contribution is 0.369. The summed E-state index contributed by atoms with van der Waals surface area (Å²) in [4.78, 5) is 0. The highest BCUT2D eigenvalue weighted by Crippen LogP contribution is 2.37. The van der Waals surface area contributed by atoms with Gasteiger partial charge in [-0.2, -0.15) is 0 Å². The van der Waals surface area contributed by atoms with Gasteiger partial charge in [-0.3, -0.25) is 0 Å². The van der Waals surface area contributed by atoms with E-state index in [1.165, 1.54) is 6.07 Å². The van der Waals surface area contributed by atoms with Crippen LogP contribution in [0.4, 0.5) is 0 Å². The lowest BCUT2D eigenvalue weighted by Gasteiger charge is -2.17. The fourth-order valence-electron chi connectivity index (χ4n) is 2.80. The number of sulfonamides is 1. The molecule has 1 unspecified atom stereocenters. The smallest absolute Gasteiger partial charge is 0.274 e. The molecule has 1 aromatic heterocycles. The minimum absolute atomic E-state index is 0.0109. The standard InChI is InChI=1S/C15H26N2O3S/c1-4-9-16-11-13-5-6-14(20-13)21(18,19)17-12-7-8-15(2,3)10-12/h5-6,12,16-17H,4,7-11H2,1-3H3. The predicted molar refractivity (Wildman–Crippen MR) is 82.4 cm³/mol. The minimum Gasteiger partial charge on any atom is -0.447 e. The minimum atomic E-state index is -3.55. The zero-order valence-electron chi connectivity index (χ0n) is 13.1. The second-order valence-corrected chi connectivity index (χ2v) is 8.27. The van der Waals surface area contributed by atoms with Gasteiger partial charge in [0.1, 0.15) is 5.76 Å². The summed E-state index contributed by atoms with van der Waals surface area (Å²) in [7, 11) is -3.55. The fraction of sp³-hybridized carbons (Fsp3) is 0.733. The van der Waals surface area contributed by atoms with E-state index < -0.39 is 10.0 Å². The largest absolute Gasteiger partial charge is 0.447 e. The summed E-state index contributed by atoms with van der Waals surface area (Å²) in [5.41, 5.74) is 0.214. The molecule has 1 atom stereocenters. The van der Waals surface area contributed by atoms with Crippen molar-refractivity contribution in [1.82, 2.24) is 10.0 Å². The van der Waals surface area contributed by atoms with Gasteiger partial charge in [0.25, 0.3) is 10.0 Å². The first-order chi connectivity index (χ1) is 9.82. The summed E-state index contributed by atoms with van der Waals surface area (Å²) in [5.74, 6) is 0.649. The normalized spacial score (nSPS) is 21.8. The van der Waals surface area contributed by atoms with E-state index in [9.17, 15) is 8.42 Å². The molecule has 1 saturated carbocycles. The molecule has 0 aromatic carbocycles. The van der Waals surface area contributed by atoms with Gasteiger partial charge in [0.05, 0.1) is 6.54 Å². The van der Waals surface area contributed by atoms with Gasteiger partial charge in [-0.15, -0.1) is 0 Å². The maximum Gasteiger partial charge on any atom is 0.274 e. The Balaban J connectivity index is 1.96. The van der Waals surface area contributed by atoms with E-state index >= 15 is 0 Å². The van der Waals surface area contributed by atoms with Crippen molar-refractivity contribution >= 4 is 10.0 Å². The third kappa shape index (κ3) is 4.56. The van der Waals surface area contributed by atoms with Crippen LogP contribution < -0.4 is 10.0 Å². The second-order valence-electron chi connectivity index (χ2n) is 6.62. The van der Waals surface area contributed by atoms with Crippen LogP contribution in [0.5, 0.6) is 0 Å². The number of hydrogen-bond donors (Lipinski definition) is 2. The number of rotatable bonds is 7. The first-order valence-electron chi connectivity index (χ1n) is 7.64. The average Bonchev–Trinajstić information content (AvgIpc) is 2.97. The van der Waals surface area contributed by atoms with Crippen LogP contribution in [0.1, 0.15) is 52.2 Å². The van der Waals surface area contributed by atoms with Gasteiger partial charge in [0.2, 0.25) is 5.09 Å². The predicted octanol–water partition coefficient (Wildman–Crippen LogP) is 2.64. The summed E-state index contributed by atoms with van der Waals surface area (Å²) in [6.45, 7) is 7.87. The summed E-state index contributed by atoms with van der Waals surface area (Å²) in [6.07, 6.45) is 3.84. The van der Waals surface area contributed by atoms with Crippen molar-refractivity contribution in [2.24, 2.45) is 5.41 Å². The molecular formula is C15H26N2O3S. The molecule has 0 saturated heterocycles. The summed E-state index contributed by atoms with van der Waals surface area (Å²) in [6, 6.07) is 3.26. The molecular weight excluding hydrogens is 288 g/mol. The average molecular weight is 314 g/mol. The Labute approximate surface area is 127 Å². The van der Waals surface area contributed by atoms with Gasteiger partial charge in [0, 0.05) is 6.04 Å². The maximum atomic E-state index is 12.3. The Morgan fingerprint density at radius 3 is 2.76 bits per heavy atom. The molecule has 120 valence electrons. The molecule has 0 amide bonds. The molecule has 0 bridgehead atoms. The number of furan rings is 1. The Kier molecular flexibility index (Phi) is 5.11. The summed E-state index contributed by atoms with van der Waals surface area (Å²) in [5, 5.41) is 3.21. The lowest BCUT2D eigenvalue weighted by atomic mass is 9.92. The van der Waals surface area contributed by atoms with Crippen molar-refractivity contribution in [2.75, 3.05) is 6.54 Å². The molecule has 1 aromatic rings. The molecule has 21 heavy (non-hydrogen) atoms. The van der Waals surface area contributed by atoms with E-state index in [-0.39, 0.29) is 16.5 Å². The number of nitrogens with one attached hydrogen (secondary N) is 2. The SMILES string of the molecule is CCCNCc1ccc(S(=O)(=O)NC2CCC(C)(C)C2)o1. The summed E-state index contributed by atoms with van der Waals surface area (Å²) >= 11 is 0. The topological polar surface area (TPSA) is 71.3 Å². The van der Waals surface area contributed by atoms with Gasteiger partial charge < -0.3 is 9.73 Å². The van der Waals surface area contributed by atoms with Crippen LogP contribution >= 0.6 is 0 Å². The molecule has 1 aliphatic carbocycles. The Morgan fingerprint density at radius 1 is 1.38 bits per heavy atom. The third-order valence-corrected chi connectivity index (χ3v) is 5.31. The van der Waals surface area contributed by atoms with Gasteiger partial charge in [-0.25, -0.2) is 13.1 Å². The number of hydrogen-bond acceptors (Lipinski definition) is 4. The van der Waals surface area contributed by atoms with E-state index in [0.29, 0.717) is 12.3 Å². The quantitative estimate of drug-likeness (QED) is 0.759. The third-order valence-electron chi connectivity index (χ3n) is 3.92. The van der Waals surface area contributed by atoms with E-state index in [4.69, 9.17) is 4.42 Å². The Morgan fingerprint density at radius 2 is 2.14 bits per heavy atom. The first kappa shape index (κ1) is 16.5. The molecule has 0 aliphatic heterocycles. The molecule has 1 heterocycles. The van der Waals surface area contributed by atoms with Crippen LogP contribution in [-0.2, 0) is 16.6 Å². The summed E-state index contributed by atoms with van der Waals surface area (Å²) < 4.78 is 32.8. The van der Waals surface area contributed by atoms with Crippen LogP contribution in [-0.4, -0.2) is 21.0 Å². The van der Waals surface area contributed by atoms with Crippen molar-refractivity contribution < 1.29 is 12.8 Å². The molecule has 0 radical (unpaired) electrons. The fourth-order valence-corrected chi connectivity index (χ4v) is 4.02. The highest BCUT2D eigenvalue weighted by molar-refractivity contribution is 7.89.